The molecule has 0 aromatic heterocycles. The summed E-state index contributed by atoms with van der Waals surface area (Å²) < 4.78 is 39.2. The van der Waals surface area contributed by atoms with Crippen LogP contribution in [0, 0.1) is 12.8 Å². The smallest absolute Gasteiger partial charge is 0.230 e. The molecule has 31 heavy (non-hydrogen) atoms. The van der Waals surface area contributed by atoms with Gasteiger partial charge in [0, 0.05) is 25.2 Å². The summed E-state index contributed by atoms with van der Waals surface area (Å²) in [4.78, 5) is 15.5. The number of nitrogens with zero attached hydrogens (tertiary/aromatic N) is 2. The van der Waals surface area contributed by atoms with Crippen molar-refractivity contribution >= 4 is 16.3 Å². The van der Waals surface area contributed by atoms with Crippen LogP contribution in [0.2, 0.25) is 0 Å². The van der Waals surface area contributed by atoms with Crippen molar-refractivity contribution < 1.29 is 23.0 Å². The first-order valence-corrected chi connectivity index (χ1v) is 11.9. The molecule has 2 saturated heterocycles. The highest BCUT2D eigenvalue weighted by Gasteiger charge is 2.45. The molecule has 2 aliphatic rings. The summed E-state index contributed by atoms with van der Waals surface area (Å²) in [5.41, 5.74) is 1.67. The number of piperidine rings is 1. The molecule has 8 heteroatoms. The number of rotatable bonds is 5. The predicted octanol–water partition coefficient (Wildman–Crippen LogP) is 2.66. The second kappa shape index (κ2) is 9.08. The molecule has 0 saturated carbocycles. The molecule has 2 fully saturated rings. The second-order valence-electron chi connectivity index (χ2n) is 8.04. The molecular weight excluding hydrogens is 416 g/mol. The Morgan fingerprint density at radius 3 is 2.77 bits per heavy atom. The van der Waals surface area contributed by atoms with Gasteiger partial charge in [-0.1, -0.05) is 34.5 Å². The van der Waals surface area contributed by atoms with Crippen LogP contribution >= 0.6 is 0 Å². The maximum atomic E-state index is 13.4. The number of methoxy groups -OCH3 is 1. The molecule has 0 spiro atoms. The van der Waals surface area contributed by atoms with E-state index in [0.29, 0.717) is 43.1 Å². The number of ether oxygens (including phenoxy) is 2. The molecule has 0 radical (unpaired) electrons. The number of sulfonamides is 1. The molecule has 1 amide bonds. The Morgan fingerprint density at radius 1 is 1.19 bits per heavy atom. The molecule has 2 aliphatic heterocycles. The number of hydrogen-bond acceptors (Lipinski definition) is 5. The highest BCUT2D eigenvalue weighted by atomic mass is 32.3. The molecule has 0 aliphatic carbocycles. The number of amides is 1. The first kappa shape index (κ1) is 22.0. The van der Waals surface area contributed by atoms with Crippen LogP contribution in [-0.2, 0) is 30.7 Å². The molecule has 3 atom stereocenters. The SMILES string of the molecule is COc1cccc(CN2CCOC3CCN([S+](=O)([O-])c4ccccc4C)CC3C2=O)c1. The fraction of sp³-hybridized carbons (Fsp3) is 0.435. The molecule has 2 aromatic carbocycles. The number of carbonyl (C=O) groups is 1. The lowest BCUT2D eigenvalue weighted by Crippen LogP contribution is -2.52. The van der Waals surface area contributed by atoms with Crippen LogP contribution in [0.25, 0.3) is 0 Å². The van der Waals surface area contributed by atoms with E-state index in [4.69, 9.17) is 9.47 Å². The lowest BCUT2D eigenvalue weighted by Gasteiger charge is -2.38. The Hall–Kier alpha value is -2.26. The van der Waals surface area contributed by atoms with E-state index >= 15 is 0 Å². The van der Waals surface area contributed by atoms with Crippen LogP contribution < -0.4 is 4.74 Å². The second-order valence-corrected chi connectivity index (χ2v) is 9.95. The van der Waals surface area contributed by atoms with Gasteiger partial charge in [-0.25, -0.2) is 0 Å². The maximum Gasteiger partial charge on any atom is 0.230 e. The normalized spacial score (nSPS) is 24.2. The molecule has 7 nitrogen and oxygen atoms in total. The number of benzene rings is 2. The first-order valence-electron chi connectivity index (χ1n) is 10.5. The zero-order valence-electron chi connectivity index (χ0n) is 17.9. The molecule has 0 bridgehead atoms. The molecule has 0 N–H and O–H groups in total. The monoisotopic (exact) mass is 444 g/mol. The van der Waals surface area contributed by atoms with Crippen molar-refractivity contribution in [2.24, 2.45) is 5.92 Å². The summed E-state index contributed by atoms with van der Waals surface area (Å²) in [6, 6.07) is 14.6. The largest absolute Gasteiger partial charge is 0.593 e. The predicted molar refractivity (Wildman–Crippen MR) is 116 cm³/mol. The van der Waals surface area contributed by atoms with Gasteiger partial charge >= 0.3 is 0 Å². The summed E-state index contributed by atoms with van der Waals surface area (Å²) in [7, 11) is -2.06. The van der Waals surface area contributed by atoms with Crippen LogP contribution in [0.4, 0.5) is 0 Å². The van der Waals surface area contributed by atoms with E-state index in [9.17, 15) is 13.6 Å². The lowest BCUT2D eigenvalue weighted by molar-refractivity contribution is -0.138. The van der Waals surface area contributed by atoms with Crippen LogP contribution in [0.3, 0.4) is 0 Å². The van der Waals surface area contributed by atoms with Crippen LogP contribution in [0.1, 0.15) is 17.5 Å². The minimum atomic E-state index is -3.67. The van der Waals surface area contributed by atoms with Crippen molar-refractivity contribution in [3.8, 4) is 5.75 Å². The Balaban J connectivity index is 1.54. The third-order valence-corrected chi connectivity index (χ3v) is 8.08. The number of aryl methyl sites for hydroxylation is 1. The van der Waals surface area contributed by atoms with Crippen LogP contribution in [0.15, 0.2) is 53.4 Å². The fourth-order valence-electron chi connectivity index (χ4n) is 4.35. The highest BCUT2D eigenvalue weighted by molar-refractivity contribution is 7.95. The molecular formula is C23H28N2O5S. The third kappa shape index (κ3) is 4.52. The third-order valence-electron chi connectivity index (χ3n) is 6.05. The Bertz CT molecular complexity index is 997. The summed E-state index contributed by atoms with van der Waals surface area (Å²) in [6.45, 7) is 3.63. The topological polar surface area (TPSA) is 82.1 Å². The van der Waals surface area contributed by atoms with Crippen molar-refractivity contribution in [2.45, 2.75) is 30.9 Å². The molecule has 2 aromatic rings. The van der Waals surface area contributed by atoms with E-state index in [1.54, 1.807) is 37.1 Å². The van der Waals surface area contributed by atoms with E-state index in [-0.39, 0.29) is 18.6 Å². The summed E-state index contributed by atoms with van der Waals surface area (Å²) in [5.74, 6) is 0.165. The summed E-state index contributed by atoms with van der Waals surface area (Å²) in [5, 5.41) is 0. The molecule has 2 heterocycles. The number of hydrogen-bond donors (Lipinski definition) is 0. The number of carbonyl (C=O) groups excluding carboxylic acids is 1. The zero-order chi connectivity index (χ0) is 22.0. The molecule has 4 rings (SSSR count). The summed E-state index contributed by atoms with van der Waals surface area (Å²) in [6.07, 6.45) is 0.250. The van der Waals surface area contributed by atoms with Gasteiger partial charge in [0.2, 0.25) is 5.91 Å². The maximum absolute atomic E-state index is 13.4. The van der Waals surface area contributed by atoms with E-state index < -0.39 is 16.3 Å². The van der Waals surface area contributed by atoms with Crippen molar-refractivity contribution in [1.29, 1.82) is 0 Å². The Labute approximate surface area is 184 Å². The lowest BCUT2D eigenvalue weighted by atomic mass is 9.94. The van der Waals surface area contributed by atoms with Crippen molar-refractivity contribution in [2.75, 3.05) is 33.4 Å². The Kier molecular flexibility index (Phi) is 6.43. The van der Waals surface area contributed by atoms with Crippen LogP contribution in [0.5, 0.6) is 5.75 Å². The zero-order valence-corrected chi connectivity index (χ0v) is 18.7. The average molecular weight is 445 g/mol. The highest BCUT2D eigenvalue weighted by Crippen LogP contribution is 2.32. The average Bonchev–Trinajstić information content (AvgIpc) is 2.92. The van der Waals surface area contributed by atoms with Gasteiger partial charge < -0.3 is 18.9 Å². The van der Waals surface area contributed by atoms with E-state index in [2.05, 4.69) is 0 Å². The van der Waals surface area contributed by atoms with E-state index in [1.807, 2.05) is 30.3 Å². The van der Waals surface area contributed by atoms with E-state index in [0.717, 1.165) is 11.3 Å². The van der Waals surface area contributed by atoms with Gasteiger partial charge in [-0.3, -0.25) is 4.79 Å². The van der Waals surface area contributed by atoms with Crippen molar-refractivity contribution in [3.63, 3.8) is 0 Å². The van der Waals surface area contributed by atoms with Gasteiger partial charge in [-0.05, 0) is 37.1 Å². The van der Waals surface area contributed by atoms with Gasteiger partial charge in [0.05, 0.1) is 32.3 Å². The van der Waals surface area contributed by atoms with E-state index in [1.165, 1.54) is 4.31 Å². The first-order chi connectivity index (χ1) is 14.9. The quantitative estimate of drug-likeness (QED) is 0.662. The van der Waals surface area contributed by atoms with Crippen molar-refractivity contribution in [3.05, 3.63) is 59.7 Å². The fourth-order valence-corrected chi connectivity index (χ4v) is 6.05. The minimum Gasteiger partial charge on any atom is -0.593 e. The van der Waals surface area contributed by atoms with Crippen molar-refractivity contribution in [1.82, 2.24) is 9.21 Å². The van der Waals surface area contributed by atoms with Gasteiger partial charge in [0.1, 0.15) is 5.75 Å². The van der Waals surface area contributed by atoms with Gasteiger partial charge in [0.15, 0.2) is 15.3 Å². The molecule has 3 unspecified atom stereocenters. The van der Waals surface area contributed by atoms with Crippen LogP contribution in [-0.4, -0.2) is 59.1 Å². The number of fused-ring (bicyclic) bond motifs is 1. The minimum absolute atomic E-state index is 0.0602. The van der Waals surface area contributed by atoms with Gasteiger partial charge in [-0.15, -0.1) is 4.31 Å². The standard InChI is InChI=1S/C23H28N2O5S/c1-17-6-3-4-9-22(17)31(27,28)25-11-10-21-20(16-25)23(26)24(12-13-30-21)15-18-7-5-8-19(14-18)29-2/h3-9,14,20-21H,10-13,15-16H2,1-2H3. The van der Waals surface area contributed by atoms with Gasteiger partial charge in [-0.2, -0.15) is 0 Å². The Morgan fingerprint density at radius 2 is 2.00 bits per heavy atom. The van der Waals surface area contributed by atoms with Gasteiger partial charge in [0.25, 0.3) is 0 Å². The summed E-state index contributed by atoms with van der Waals surface area (Å²) >= 11 is 0. The molecule has 166 valence electrons.